The Morgan fingerprint density at radius 1 is 1.07 bits per heavy atom. The number of esters is 1. The minimum absolute atomic E-state index is 0.0749. The first-order valence-corrected chi connectivity index (χ1v) is 10.4. The third kappa shape index (κ3) is 4.51. The molecule has 3 rings (SSSR count). The van der Waals surface area contributed by atoms with Gasteiger partial charge in [0.05, 0.1) is 7.11 Å². The van der Waals surface area contributed by atoms with Crippen LogP contribution in [-0.2, 0) is 9.53 Å². The van der Waals surface area contributed by atoms with Crippen molar-refractivity contribution in [3.05, 3.63) is 75.7 Å². The quantitative estimate of drug-likeness (QED) is 0.525. The molecule has 0 aliphatic carbocycles. The van der Waals surface area contributed by atoms with Crippen LogP contribution in [0.4, 0.5) is 5.69 Å². The van der Waals surface area contributed by atoms with Gasteiger partial charge in [0, 0.05) is 34.2 Å². The Bertz CT molecular complexity index is 1090. The molecule has 1 heterocycles. The second-order valence-corrected chi connectivity index (χ2v) is 8.28. The highest BCUT2D eigenvalue weighted by atomic mass is 35.5. The van der Waals surface area contributed by atoms with Crippen LogP contribution in [0.5, 0.6) is 0 Å². The Labute approximate surface area is 181 Å². The first-order valence-electron chi connectivity index (χ1n) is 10.0. The van der Waals surface area contributed by atoms with Crippen LogP contribution in [-0.4, -0.2) is 24.2 Å². The van der Waals surface area contributed by atoms with Gasteiger partial charge >= 0.3 is 5.97 Å². The highest BCUT2D eigenvalue weighted by Crippen LogP contribution is 2.25. The zero-order valence-electron chi connectivity index (χ0n) is 17.7. The number of fused-ring (bicyclic) bond motifs is 1. The number of rotatable bonds is 7. The van der Waals surface area contributed by atoms with Crippen LogP contribution in [0.25, 0.3) is 10.8 Å². The lowest BCUT2D eigenvalue weighted by Gasteiger charge is -2.22. The predicted octanol–water partition coefficient (Wildman–Crippen LogP) is 5.24. The summed E-state index contributed by atoms with van der Waals surface area (Å²) in [6.45, 7) is 6.64. The Morgan fingerprint density at radius 2 is 1.77 bits per heavy atom. The molecule has 1 aromatic heterocycles. The van der Waals surface area contributed by atoms with Gasteiger partial charge in [0.1, 0.15) is 6.04 Å². The van der Waals surface area contributed by atoms with E-state index in [1.165, 1.54) is 17.2 Å². The summed E-state index contributed by atoms with van der Waals surface area (Å²) in [6.07, 6.45) is 1.68. The van der Waals surface area contributed by atoms with Gasteiger partial charge in [-0.1, -0.05) is 50.6 Å². The van der Waals surface area contributed by atoms with E-state index in [9.17, 15) is 9.59 Å². The summed E-state index contributed by atoms with van der Waals surface area (Å²) in [7, 11) is 1.34. The number of anilines is 1. The highest BCUT2D eigenvalue weighted by molar-refractivity contribution is 6.30. The number of methoxy groups -OCH3 is 1. The average Bonchev–Trinajstić information content (AvgIpc) is 2.74. The number of benzene rings is 2. The van der Waals surface area contributed by atoms with Crippen molar-refractivity contribution in [2.45, 2.75) is 32.7 Å². The molecule has 1 N–H and O–H groups in total. The fraction of sp³-hybridized carbons (Fsp3) is 0.333. The van der Waals surface area contributed by atoms with Crippen molar-refractivity contribution in [2.75, 3.05) is 19.0 Å². The van der Waals surface area contributed by atoms with Gasteiger partial charge in [-0.25, -0.2) is 4.79 Å². The highest BCUT2D eigenvalue weighted by Gasteiger charge is 2.26. The Hall–Kier alpha value is -2.79. The van der Waals surface area contributed by atoms with Crippen molar-refractivity contribution in [2.24, 2.45) is 5.92 Å². The number of hydrogen-bond donors (Lipinski definition) is 1. The van der Waals surface area contributed by atoms with Crippen molar-refractivity contribution in [3.63, 3.8) is 0 Å². The molecule has 3 aromatic rings. The van der Waals surface area contributed by atoms with Gasteiger partial charge in [0.2, 0.25) is 0 Å². The summed E-state index contributed by atoms with van der Waals surface area (Å²) < 4.78 is 6.39. The number of aromatic nitrogens is 1. The molecule has 0 fully saturated rings. The number of carbonyl (C=O) groups excluding carboxylic acids is 1. The van der Waals surface area contributed by atoms with Crippen LogP contribution in [0, 0.1) is 5.92 Å². The third-order valence-corrected chi connectivity index (χ3v) is 5.64. The smallest absolute Gasteiger partial charge is 0.329 e. The number of nitrogens with zero attached hydrogens (tertiary/aromatic N) is 1. The van der Waals surface area contributed by atoms with E-state index in [-0.39, 0.29) is 17.4 Å². The molecular formula is C24H27ClN2O3. The number of hydrogen-bond acceptors (Lipinski definition) is 4. The lowest BCUT2D eigenvalue weighted by Crippen LogP contribution is -2.33. The summed E-state index contributed by atoms with van der Waals surface area (Å²) in [5.41, 5.74) is 1.87. The SMILES string of the molecule is COC(=O)[C@@H](C(C)C)n1ccc2c(NC[C@@H](C)c3ccc(Cl)cc3)cccc2c1=O. The number of nitrogens with one attached hydrogen (secondary N) is 1. The molecule has 0 amide bonds. The standard InChI is InChI=1S/C24H27ClN2O3/c1-15(2)22(24(29)30-4)27-13-12-19-20(23(27)28)6-5-7-21(19)26-14-16(3)17-8-10-18(25)11-9-17/h5-13,15-16,22,26H,14H2,1-4H3/t16-,22-/m1/s1. The molecule has 0 unspecified atom stereocenters. The maximum absolute atomic E-state index is 13.2. The van der Waals surface area contributed by atoms with Crippen molar-refractivity contribution in [3.8, 4) is 0 Å². The fourth-order valence-corrected chi connectivity index (χ4v) is 3.79. The Balaban J connectivity index is 1.91. The summed E-state index contributed by atoms with van der Waals surface area (Å²) in [5.74, 6) is -0.228. The van der Waals surface area contributed by atoms with Crippen LogP contribution in [0.2, 0.25) is 5.02 Å². The van der Waals surface area contributed by atoms with Crippen molar-refractivity contribution in [1.82, 2.24) is 4.57 Å². The maximum Gasteiger partial charge on any atom is 0.329 e. The van der Waals surface area contributed by atoms with Crippen molar-refractivity contribution < 1.29 is 9.53 Å². The molecule has 0 saturated heterocycles. The third-order valence-electron chi connectivity index (χ3n) is 5.38. The number of halogens is 1. The van der Waals surface area contributed by atoms with Gasteiger partial charge in [0.25, 0.3) is 5.56 Å². The molecule has 6 heteroatoms. The first kappa shape index (κ1) is 21.9. The zero-order valence-corrected chi connectivity index (χ0v) is 18.4. The van der Waals surface area contributed by atoms with Crippen molar-refractivity contribution >= 4 is 34.0 Å². The lowest BCUT2D eigenvalue weighted by molar-refractivity contribution is -0.146. The van der Waals surface area contributed by atoms with Crippen LogP contribution in [0.3, 0.4) is 0 Å². The molecule has 158 valence electrons. The van der Waals surface area contributed by atoms with Gasteiger partial charge in [-0.05, 0) is 47.7 Å². The second-order valence-electron chi connectivity index (χ2n) is 7.84. The second kappa shape index (κ2) is 9.35. The summed E-state index contributed by atoms with van der Waals surface area (Å²) in [4.78, 5) is 25.4. The minimum atomic E-state index is -0.659. The van der Waals surface area contributed by atoms with E-state index in [0.717, 1.165) is 16.1 Å². The molecular weight excluding hydrogens is 400 g/mol. The molecule has 0 saturated carbocycles. The van der Waals surface area contributed by atoms with Gasteiger partial charge in [-0.15, -0.1) is 0 Å². The van der Waals surface area contributed by atoms with Crippen LogP contribution in [0.15, 0.2) is 59.5 Å². The van der Waals surface area contributed by atoms with Gasteiger partial charge in [0.15, 0.2) is 0 Å². The van der Waals surface area contributed by atoms with Crippen LogP contribution in [0.1, 0.15) is 38.3 Å². The number of ether oxygens (including phenoxy) is 1. The van der Waals surface area contributed by atoms with E-state index in [2.05, 4.69) is 12.2 Å². The molecule has 0 radical (unpaired) electrons. The van der Waals surface area contributed by atoms with Gasteiger partial charge in [-0.3, -0.25) is 4.79 Å². The van der Waals surface area contributed by atoms with E-state index >= 15 is 0 Å². The summed E-state index contributed by atoms with van der Waals surface area (Å²) in [6, 6.07) is 14.6. The summed E-state index contributed by atoms with van der Waals surface area (Å²) in [5, 5.41) is 5.57. The summed E-state index contributed by atoms with van der Waals surface area (Å²) >= 11 is 5.98. The minimum Gasteiger partial charge on any atom is -0.467 e. The van der Waals surface area contributed by atoms with Gasteiger partial charge in [-0.2, -0.15) is 0 Å². The van der Waals surface area contributed by atoms with E-state index < -0.39 is 12.0 Å². The maximum atomic E-state index is 13.2. The molecule has 2 aromatic carbocycles. The molecule has 2 atom stereocenters. The largest absolute Gasteiger partial charge is 0.467 e. The van der Waals surface area contributed by atoms with E-state index in [0.29, 0.717) is 11.9 Å². The lowest BCUT2D eigenvalue weighted by atomic mass is 10.0. The molecule has 30 heavy (non-hydrogen) atoms. The number of pyridine rings is 1. The van der Waals surface area contributed by atoms with Crippen molar-refractivity contribution in [1.29, 1.82) is 0 Å². The topological polar surface area (TPSA) is 60.3 Å². The zero-order chi connectivity index (χ0) is 21.8. The van der Waals surface area contributed by atoms with Gasteiger partial charge < -0.3 is 14.6 Å². The molecule has 0 bridgehead atoms. The Kier molecular flexibility index (Phi) is 6.83. The van der Waals surface area contributed by atoms with Crippen LogP contribution >= 0.6 is 11.6 Å². The Morgan fingerprint density at radius 3 is 2.40 bits per heavy atom. The molecule has 0 spiro atoms. The normalized spacial score (nSPS) is 13.3. The first-order chi connectivity index (χ1) is 14.3. The number of carbonyl (C=O) groups is 1. The molecule has 0 aliphatic heterocycles. The monoisotopic (exact) mass is 426 g/mol. The van der Waals surface area contributed by atoms with Crippen LogP contribution < -0.4 is 10.9 Å². The molecule has 0 aliphatic rings. The van der Waals surface area contributed by atoms with E-state index in [1.54, 1.807) is 12.3 Å². The van der Waals surface area contributed by atoms with E-state index in [4.69, 9.17) is 16.3 Å². The predicted molar refractivity (Wildman–Crippen MR) is 122 cm³/mol. The average molecular weight is 427 g/mol. The van der Waals surface area contributed by atoms with E-state index in [1.807, 2.05) is 56.3 Å². The fourth-order valence-electron chi connectivity index (χ4n) is 3.67. The molecule has 5 nitrogen and oxygen atoms in total.